The van der Waals surface area contributed by atoms with Gasteiger partial charge in [-0.05, 0) is 24.2 Å². The maximum atomic E-state index is 12.7. The third-order valence-electron chi connectivity index (χ3n) is 3.05. The first kappa shape index (κ1) is 16.5. The number of hydrogen-bond donors (Lipinski definition) is 0. The maximum Gasteiger partial charge on any atom is 0.446 e. The number of aryl methyl sites for hydroxylation is 1. The molecule has 0 N–H and O–H groups in total. The summed E-state index contributed by atoms with van der Waals surface area (Å²) in [5, 5.41) is 0. The van der Waals surface area contributed by atoms with Crippen molar-refractivity contribution in [3.8, 4) is 5.75 Å². The van der Waals surface area contributed by atoms with E-state index in [2.05, 4.69) is 0 Å². The van der Waals surface area contributed by atoms with E-state index in [0.717, 1.165) is 5.56 Å². The zero-order valence-corrected chi connectivity index (χ0v) is 12.8. The highest BCUT2D eigenvalue weighted by atomic mass is 32.2. The van der Waals surface area contributed by atoms with Crippen LogP contribution in [0.4, 0.5) is 13.2 Å². The van der Waals surface area contributed by atoms with Crippen LogP contribution in [0.3, 0.4) is 0 Å². The Hall–Kier alpha value is -1.89. The summed E-state index contributed by atoms with van der Waals surface area (Å²) >= 11 is -0.446. The van der Waals surface area contributed by atoms with Gasteiger partial charge in [-0.2, -0.15) is 13.2 Å². The molecule has 22 heavy (non-hydrogen) atoms. The molecule has 0 saturated carbocycles. The average molecular weight is 329 g/mol. The van der Waals surface area contributed by atoms with E-state index in [1.54, 1.807) is 6.92 Å². The largest absolute Gasteiger partial charge is 0.495 e. The minimum absolute atomic E-state index is 0.0610. The molecule has 118 valence electrons. The molecule has 1 aromatic heterocycles. The highest BCUT2D eigenvalue weighted by Crippen LogP contribution is 2.39. The summed E-state index contributed by atoms with van der Waals surface area (Å²) in [7, 11) is 1.25. The van der Waals surface area contributed by atoms with E-state index in [-0.39, 0.29) is 12.3 Å². The monoisotopic (exact) mass is 329 g/mol. The Balaban J connectivity index is 2.51. The Labute approximate surface area is 129 Å². The number of alkyl halides is 3. The Morgan fingerprint density at radius 1 is 1.23 bits per heavy atom. The molecule has 0 spiro atoms. The second kappa shape index (κ2) is 6.48. The highest BCUT2D eigenvalue weighted by Gasteiger charge is 2.33. The molecule has 2 aromatic rings. The third kappa shape index (κ3) is 3.85. The van der Waals surface area contributed by atoms with Gasteiger partial charge in [-0.15, -0.1) is 0 Å². The van der Waals surface area contributed by atoms with Gasteiger partial charge in [0.25, 0.3) is 5.56 Å². The fourth-order valence-electron chi connectivity index (χ4n) is 2.05. The van der Waals surface area contributed by atoms with Gasteiger partial charge in [-0.25, -0.2) is 0 Å². The molecule has 0 fully saturated rings. The third-order valence-corrected chi connectivity index (χ3v) is 3.86. The standard InChI is InChI=1S/C15H14F3NO2S/c1-10-8-12(21-2)13(22-15(16,17)18)14(20)19(10)9-11-6-4-3-5-7-11/h3-8H,9H2,1-2H3. The second-order valence-electron chi connectivity index (χ2n) is 4.61. The van der Waals surface area contributed by atoms with E-state index in [1.807, 2.05) is 30.3 Å². The number of rotatable bonds is 4. The van der Waals surface area contributed by atoms with Gasteiger partial charge < -0.3 is 9.30 Å². The van der Waals surface area contributed by atoms with Crippen molar-refractivity contribution in [2.75, 3.05) is 7.11 Å². The Kier molecular flexibility index (Phi) is 4.85. The predicted molar refractivity (Wildman–Crippen MR) is 79.4 cm³/mol. The van der Waals surface area contributed by atoms with Crippen LogP contribution in [0, 0.1) is 6.92 Å². The van der Waals surface area contributed by atoms with E-state index in [4.69, 9.17) is 4.74 Å². The molecular weight excluding hydrogens is 315 g/mol. The molecule has 7 heteroatoms. The Morgan fingerprint density at radius 2 is 1.86 bits per heavy atom. The number of hydrogen-bond acceptors (Lipinski definition) is 3. The van der Waals surface area contributed by atoms with Crippen molar-refractivity contribution in [2.45, 2.75) is 23.9 Å². The molecule has 0 saturated heterocycles. The van der Waals surface area contributed by atoms with Crippen molar-refractivity contribution in [1.82, 2.24) is 4.57 Å². The SMILES string of the molecule is COc1cc(C)n(Cc2ccccc2)c(=O)c1SC(F)(F)F. The summed E-state index contributed by atoms with van der Waals surface area (Å²) in [6.45, 7) is 1.87. The van der Waals surface area contributed by atoms with E-state index in [0.29, 0.717) is 5.69 Å². The molecule has 0 bridgehead atoms. The van der Waals surface area contributed by atoms with Crippen molar-refractivity contribution in [1.29, 1.82) is 0 Å². The van der Waals surface area contributed by atoms with E-state index < -0.39 is 27.7 Å². The van der Waals surface area contributed by atoms with Gasteiger partial charge in [0.1, 0.15) is 10.6 Å². The summed E-state index contributed by atoms with van der Waals surface area (Å²) < 4.78 is 44.2. The van der Waals surface area contributed by atoms with Crippen LogP contribution in [0.15, 0.2) is 46.1 Å². The normalized spacial score (nSPS) is 11.5. The molecule has 0 amide bonds. The van der Waals surface area contributed by atoms with Crippen molar-refractivity contribution >= 4 is 11.8 Å². The van der Waals surface area contributed by atoms with E-state index in [1.165, 1.54) is 17.7 Å². The summed E-state index contributed by atoms with van der Waals surface area (Å²) in [6, 6.07) is 10.5. The molecule has 3 nitrogen and oxygen atoms in total. The van der Waals surface area contributed by atoms with Gasteiger partial charge in [0.05, 0.1) is 13.7 Å². The quantitative estimate of drug-likeness (QED) is 0.799. The van der Waals surface area contributed by atoms with Gasteiger partial charge in [0.15, 0.2) is 0 Å². The maximum absolute atomic E-state index is 12.7. The number of halogens is 3. The van der Waals surface area contributed by atoms with Crippen molar-refractivity contribution < 1.29 is 17.9 Å². The van der Waals surface area contributed by atoms with Gasteiger partial charge in [-0.1, -0.05) is 30.3 Å². The summed E-state index contributed by atoms with van der Waals surface area (Å²) in [6.07, 6.45) is 0. The Morgan fingerprint density at radius 3 is 2.41 bits per heavy atom. The fourth-order valence-corrected chi connectivity index (χ4v) is 2.72. The lowest BCUT2D eigenvalue weighted by Gasteiger charge is -2.16. The minimum atomic E-state index is -4.55. The van der Waals surface area contributed by atoms with Gasteiger partial charge in [0, 0.05) is 11.8 Å². The molecule has 0 aliphatic rings. The summed E-state index contributed by atoms with van der Waals surface area (Å²) in [5.41, 5.74) is -3.88. The molecule has 0 aliphatic carbocycles. The zero-order chi connectivity index (χ0) is 16.3. The number of pyridine rings is 1. The second-order valence-corrected chi connectivity index (χ2v) is 5.68. The predicted octanol–water partition coefficient (Wildman–Crippen LogP) is 3.83. The fraction of sp³-hybridized carbons (Fsp3) is 0.267. The summed E-state index contributed by atoms with van der Waals surface area (Å²) in [4.78, 5) is 12.0. The Bertz CT molecular complexity index is 711. The molecule has 0 radical (unpaired) electrons. The lowest BCUT2D eigenvalue weighted by atomic mass is 10.2. The molecule has 0 atom stereocenters. The number of aromatic nitrogens is 1. The molecule has 1 heterocycles. The van der Waals surface area contributed by atoms with Gasteiger partial charge >= 0.3 is 5.51 Å². The molecule has 0 unspecified atom stereocenters. The zero-order valence-electron chi connectivity index (χ0n) is 12.0. The van der Waals surface area contributed by atoms with Gasteiger partial charge in [0.2, 0.25) is 0 Å². The van der Waals surface area contributed by atoms with Crippen LogP contribution in [0.5, 0.6) is 5.75 Å². The van der Waals surface area contributed by atoms with Gasteiger partial charge in [-0.3, -0.25) is 4.79 Å². The van der Waals surface area contributed by atoms with Crippen LogP contribution in [-0.4, -0.2) is 17.2 Å². The van der Waals surface area contributed by atoms with Crippen molar-refractivity contribution in [3.63, 3.8) is 0 Å². The van der Waals surface area contributed by atoms with Crippen LogP contribution in [0.25, 0.3) is 0 Å². The average Bonchev–Trinajstić information content (AvgIpc) is 2.46. The van der Waals surface area contributed by atoms with E-state index >= 15 is 0 Å². The van der Waals surface area contributed by atoms with Crippen LogP contribution in [-0.2, 0) is 6.54 Å². The van der Waals surface area contributed by atoms with Crippen molar-refractivity contribution in [2.24, 2.45) is 0 Å². The lowest BCUT2D eigenvalue weighted by Crippen LogP contribution is -2.26. The molecule has 0 aliphatic heterocycles. The number of thioether (sulfide) groups is 1. The number of nitrogens with zero attached hydrogens (tertiary/aromatic N) is 1. The number of methoxy groups -OCH3 is 1. The van der Waals surface area contributed by atoms with Crippen LogP contribution in [0.1, 0.15) is 11.3 Å². The smallest absolute Gasteiger partial charge is 0.446 e. The molecular formula is C15H14F3NO2S. The first-order valence-corrected chi connectivity index (χ1v) is 7.21. The lowest BCUT2D eigenvalue weighted by molar-refractivity contribution is -0.0329. The van der Waals surface area contributed by atoms with Crippen LogP contribution in [0.2, 0.25) is 0 Å². The highest BCUT2D eigenvalue weighted by molar-refractivity contribution is 8.00. The summed E-state index contributed by atoms with van der Waals surface area (Å²) in [5.74, 6) is -0.0610. The molecule has 2 rings (SSSR count). The topological polar surface area (TPSA) is 31.2 Å². The van der Waals surface area contributed by atoms with E-state index in [9.17, 15) is 18.0 Å². The number of ether oxygens (including phenoxy) is 1. The minimum Gasteiger partial charge on any atom is -0.495 e. The first-order chi connectivity index (χ1) is 10.3. The number of benzene rings is 1. The first-order valence-electron chi connectivity index (χ1n) is 6.40. The van der Waals surface area contributed by atoms with Crippen LogP contribution >= 0.6 is 11.8 Å². The van der Waals surface area contributed by atoms with Crippen LogP contribution < -0.4 is 10.3 Å². The van der Waals surface area contributed by atoms with Crippen molar-refractivity contribution in [3.05, 3.63) is 58.0 Å². The molecule has 1 aromatic carbocycles.